The van der Waals surface area contributed by atoms with E-state index in [9.17, 15) is 0 Å². The molecule has 4 rings (SSSR count). The first-order valence-electron chi connectivity index (χ1n) is 8.17. The van der Waals surface area contributed by atoms with Gasteiger partial charge in [-0.25, -0.2) is 0 Å². The number of para-hydroxylation sites is 1. The Morgan fingerprint density at radius 3 is 2.48 bits per heavy atom. The summed E-state index contributed by atoms with van der Waals surface area (Å²) in [6.07, 6.45) is 3.58. The van der Waals surface area contributed by atoms with Crippen molar-refractivity contribution in [1.29, 1.82) is 0 Å². The summed E-state index contributed by atoms with van der Waals surface area (Å²) >= 11 is 0. The van der Waals surface area contributed by atoms with Crippen molar-refractivity contribution in [2.45, 2.75) is 71.2 Å². The maximum absolute atomic E-state index is 6.73. The van der Waals surface area contributed by atoms with E-state index in [4.69, 9.17) is 9.47 Å². The Balaban J connectivity index is 1.94. The van der Waals surface area contributed by atoms with Gasteiger partial charge < -0.3 is 9.47 Å². The fourth-order valence-electron chi connectivity index (χ4n) is 4.94. The Hall–Kier alpha value is -1.02. The fraction of sp³-hybridized carbons (Fsp3) is 0.684. The summed E-state index contributed by atoms with van der Waals surface area (Å²) in [4.78, 5) is 0. The Labute approximate surface area is 127 Å². The number of benzene rings is 1. The molecule has 4 atom stereocenters. The highest BCUT2D eigenvalue weighted by Crippen LogP contribution is 2.69. The SMILES string of the molecule is CC12CCC3(C)Oc4ccccc4C(OC1(C)C)C3(C)C2. The second-order valence-corrected chi connectivity index (χ2v) is 8.53. The average molecular weight is 286 g/mol. The van der Waals surface area contributed by atoms with Gasteiger partial charge in [-0.1, -0.05) is 32.0 Å². The smallest absolute Gasteiger partial charge is 0.125 e. The largest absolute Gasteiger partial charge is 0.487 e. The molecule has 2 heteroatoms. The van der Waals surface area contributed by atoms with Crippen LogP contribution in [0.5, 0.6) is 5.75 Å². The predicted octanol–water partition coefficient (Wildman–Crippen LogP) is 4.88. The van der Waals surface area contributed by atoms with Gasteiger partial charge >= 0.3 is 0 Å². The Morgan fingerprint density at radius 2 is 1.71 bits per heavy atom. The molecule has 1 saturated carbocycles. The van der Waals surface area contributed by atoms with E-state index in [0.29, 0.717) is 0 Å². The number of fused-ring (bicyclic) bond motifs is 3. The van der Waals surface area contributed by atoms with Crippen molar-refractivity contribution >= 4 is 0 Å². The van der Waals surface area contributed by atoms with Gasteiger partial charge in [-0.05, 0) is 51.5 Å². The lowest BCUT2D eigenvalue weighted by atomic mass is 9.48. The molecule has 1 saturated heterocycles. The number of ether oxygens (including phenoxy) is 2. The highest BCUT2D eigenvalue weighted by atomic mass is 16.5. The molecule has 0 N–H and O–H groups in total. The van der Waals surface area contributed by atoms with Crippen LogP contribution in [0.3, 0.4) is 0 Å². The Kier molecular flexibility index (Phi) is 2.37. The van der Waals surface area contributed by atoms with Gasteiger partial charge in [0.05, 0.1) is 11.7 Å². The van der Waals surface area contributed by atoms with Crippen molar-refractivity contribution in [3.8, 4) is 5.75 Å². The second-order valence-electron chi connectivity index (χ2n) is 8.53. The molecule has 1 aromatic carbocycles. The molecule has 4 unspecified atom stereocenters. The third kappa shape index (κ3) is 1.47. The summed E-state index contributed by atoms with van der Waals surface area (Å²) in [6, 6.07) is 8.43. The summed E-state index contributed by atoms with van der Waals surface area (Å²) in [5, 5.41) is 0. The van der Waals surface area contributed by atoms with Crippen LogP contribution in [0.1, 0.15) is 65.5 Å². The van der Waals surface area contributed by atoms with Crippen molar-refractivity contribution in [3.05, 3.63) is 29.8 Å². The van der Waals surface area contributed by atoms with Gasteiger partial charge in [-0.15, -0.1) is 0 Å². The molecule has 1 aliphatic carbocycles. The van der Waals surface area contributed by atoms with E-state index >= 15 is 0 Å². The number of hydrogen-bond acceptors (Lipinski definition) is 2. The monoisotopic (exact) mass is 286 g/mol. The predicted molar refractivity (Wildman–Crippen MR) is 83.4 cm³/mol. The van der Waals surface area contributed by atoms with Crippen LogP contribution in [0, 0.1) is 10.8 Å². The summed E-state index contributed by atoms with van der Waals surface area (Å²) in [5.74, 6) is 1.02. The first-order chi connectivity index (χ1) is 9.71. The third-order valence-corrected chi connectivity index (χ3v) is 7.10. The molecule has 3 aliphatic rings. The first-order valence-corrected chi connectivity index (χ1v) is 8.17. The van der Waals surface area contributed by atoms with Gasteiger partial charge in [0.1, 0.15) is 11.4 Å². The van der Waals surface area contributed by atoms with Crippen LogP contribution in [-0.2, 0) is 4.74 Å². The number of hydrogen-bond donors (Lipinski definition) is 0. The molecule has 0 spiro atoms. The van der Waals surface area contributed by atoms with E-state index in [0.717, 1.165) is 12.2 Å². The minimum absolute atomic E-state index is 0.0455. The molecule has 2 nitrogen and oxygen atoms in total. The van der Waals surface area contributed by atoms with Gasteiger partial charge in [0, 0.05) is 11.0 Å². The van der Waals surface area contributed by atoms with E-state index in [1.807, 2.05) is 0 Å². The van der Waals surface area contributed by atoms with E-state index in [1.165, 1.54) is 18.4 Å². The van der Waals surface area contributed by atoms with Gasteiger partial charge in [-0.2, -0.15) is 0 Å². The molecule has 114 valence electrons. The van der Waals surface area contributed by atoms with Gasteiger partial charge in [-0.3, -0.25) is 0 Å². The van der Waals surface area contributed by atoms with Crippen molar-refractivity contribution < 1.29 is 9.47 Å². The molecule has 2 fully saturated rings. The molecule has 0 aromatic heterocycles. The summed E-state index contributed by atoms with van der Waals surface area (Å²) in [7, 11) is 0. The van der Waals surface area contributed by atoms with Gasteiger partial charge in [0.2, 0.25) is 0 Å². The van der Waals surface area contributed by atoms with E-state index in [1.54, 1.807) is 0 Å². The van der Waals surface area contributed by atoms with Crippen LogP contribution in [0.25, 0.3) is 0 Å². The minimum Gasteiger partial charge on any atom is -0.487 e. The molecule has 2 aliphatic heterocycles. The highest BCUT2D eigenvalue weighted by molar-refractivity contribution is 5.42. The van der Waals surface area contributed by atoms with Gasteiger partial charge in [0.25, 0.3) is 0 Å². The Morgan fingerprint density at radius 1 is 1.00 bits per heavy atom. The fourth-order valence-corrected chi connectivity index (χ4v) is 4.94. The summed E-state index contributed by atoms with van der Waals surface area (Å²) < 4.78 is 13.2. The molecule has 0 radical (unpaired) electrons. The van der Waals surface area contributed by atoms with Crippen LogP contribution in [0.4, 0.5) is 0 Å². The van der Waals surface area contributed by atoms with Crippen molar-refractivity contribution in [2.75, 3.05) is 0 Å². The minimum atomic E-state index is -0.123. The zero-order valence-corrected chi connectivity index (χ0v) is 13.8. The van der Waals surface area contributed by atoms with Crippen molar-refractivity contribution in [3.63, 3.8) is 0 Å². The zero-order chi connectivity index (χ0) is 15.1. The standard InChI is InChI=1S/C19H26O2/c1-16(2)17(3)10-11-19(5)18(4,12-17)15(21-16)13-8-6-7-9-14(13)20-19/h6-9,15H,10-12H2,1-5H3. The normalized spacial score (nSPS) is 46.4. The molecular weight excluding hydrogens is 260 g/mol. The van der Waals surface area contributed by atoms with E-state index in [-0.39, 0.29) is 28.1 Å². The first kappa shape index (κ1) is 13.6. The highest BCUT2D eigenvalue weighted by Gasteiger charge is 2.68. The third-order valence-electron chi connectivity index (χ3n) is 7.10. The number of rotatable bonds is 0. The lowest BCUT2D eigenvalue weighted by Crippen LogP contribution is -2.67. The molecular formula is C19H26O2. The van der Waals surface area contributed by atoms with Crippen LogP contribution in [0.15, 0.2) is 24.3 Å². The molecule has 2 bridgehead atoms. The molecule has 2 heterocycles. The Bertz CT molecular complexity index is 607. The molecule has 0 amide bonds. The van der Waals surface area contributed by atoms with Crippen LogP contribution >= 0.6 is 0 Å². The topological polar surface area (TPSA) is 18.5 Å². The average Bonchev–Trinajstić information content (AvgIpc) is 2.40. The quantitative estimate of drug-likeness (QED) is 0.676. The van der Waals surface area contributed by atoms with Crippen LogP contribution < -0.4 is 4.74 Å². The van der Waals surface area contributed by atoms with E-state index < -0.39 is 0 Å². The maximum Gasteiger partial charge on any atom is 0.125 e. The van der Waals surface area contributed by atoms with Crippen LogP contribution in [-0.4, -0.2) is 11.2 Å². The second kappa shape index (κ2) is 3.65. The maximum atomic E-state index is 6.73. The van der Waals surface area contributed by atoms with Crippen LogP contribution in [0.2, 0.25) is 0 Å². The van der Waals surface area contributed by atoms with Gasteiger partial charge in [0.15, 0.2) is 0 Å². The zero-order valence-electron chi connectivity index (χ0n) is 13.8. The van der Waals surface area contributed by atoms with Crippen molar-refractivity contribution in [2.24, 2.45) is 10.8 Å². The molecule has 21 heavy (non-hydrogen) atoms. The summed E-state index contributed by atoms with van der Waals surface area (Å²) in [6.45, 7) is 11.6. The van der Waals surface area contributed by atoms with Crippen molar-refractivity contribution in [1.82, 2.24) is 0 Å². The lowest BCUT2D eigenvalue weighted by molar-refractivity contribution is -0.307. The lowest BCUT2D eigenvalue weighted by Gasteiger charge is -2.68. The molecule has 1 aromatic rings. The van der Waals surface area contributed by atoms with E-state index in [2.05, 4.69) is 58.9 Å². The summed E-state index contributed by atoms with van der Waals surface area (Å²) in [5.41, 5.74) is 1.29.